The van der Waals surface area contributed by atoms with Gasteiger partial charge in [-0.3, -0.25) is 9.59 Å². The molecule has 0 bridgehead atoms. The standard InChI is InChI=1S/C28H28N2O4/c1-33-25-12-11-20(15-26(25)34-2)24(30-18-22-9-5-6-10-23(22)28(30)32)16-27(31)29-14-13-19-7-3-4-8-21(19)17-29/h3-12,15,24H,13-14,16-18H2,1-2H3/t24-/m1/s1. The van der Waals surface area contributed by atoms with E-state index in [1.165, 1.54) is 11.1 Å². The van der Waals surface area contributed by atoms with Gasteiger partial charge in [-0.25, -0.2) is 0 Å². The molecule has 0 fully saturated rings. The Morgan fingerprint density at radius 3 is 2.32 bits per heavy atom. The third-order valence-corrected chi connectivity index (χ3v) is 6.87. The van der Waals surface area contributed by atoms with Crippen LogP contribution in [0.1, 0.15) is 45.1 Å². The van der Waals surface area contributed by atoms with E-state index in [-0.39, 0.29) is 18.2 Å². The maximum absolute atomic E-state index is 13.5. The molecule has 0 spiro atoms. The zero-order valence-electron chi connectivity index (χ0n) is 19.5. The van der Waals surface area contributed by atoms with E-state index in [1.54, 1.807) is 14.2 Å². The first kappa shape index (κ1) is 22.0. The fraction of sp³-hybridized carbons (Fsp3) is 0.286. The number of benzene rings is 3. The Balaban J connectivity index is 1.45. The molecule has 2 heterocycles. The van der Waals surface area contributed by atoms with Gasteiger partial charge in [0.25, 0.3) is 5.91 Å². The summed E-state index contributed by atoms with van der Waals surface area (Å²) in [5.41, 5.74) is 5.02. The van der Waals surface area contributed by atoms with Crippen molar-refractivity contribution in [3.63, 3.8) is 0 Å². The van der Waals surface area contributed by atoms with Crippen molar-refractivity contribution >= 4 is 11.8 Å². The maximum atomic E-state index is 13.5. The zero-order chi connectivity index (χ0) is 23.7. The fourth-order valence-electron chi connectivity index (χ4n) is 5.00. The topological polar surface area (TPSA) is 59.1 Å². The molecular weight excluding hydrogens is 428 g/mol. The van der Waals surface area contributed by atoms with Crippen molar-refractivity contribution in [2.24, 2.45) is 0 Å². The van der Waals surface area contributed by atoms with Gasteiger partial charge in [-0.15, -0.1) is 0 Å². The van der Waals surface area contributed by atoms with Crippen LogP contribution in [0.15, 0.2) is 66.7 Å². The molecule has 5 rings (SSSR count). The number of hydrogen-bond donors (Lipinski definition) is 0. The van der Waals surface area contributed by atoms with Crippen LogP contribution in [-0.4, -0.2) is 42.4 Å². The highest BCUT2D eigenvalue weighted by Gasteiger charge is 2.36. The number of rotatable bonds is 6. The molecule has 2 aliphatic rings. The summed E-state index contributed by atoms with van der Waals surface area (Å²) in [4.78, 5) is 30.6. The average molecular weight is 457 g/mol. The third-order valence-electron chi connectivity index (χ3n) is 6.87. The van der Waals surface area contributed by atoms with Gasteiger partial charge in [-0.1, -0.05) is 48.5 Å². The van der Waals surface area contributed by atoms with Gasteiger partial charge in [0, 0.05) is 25.2 Å². The second-order valence-corrected chi connectivity index (χ2v) is 8.76. The van der Waals surface area contributed by atoms with Gasteiger partial charge in [0.1, 0.15) is 0 Å². The number of hydrogen-bond acceptors (Lipinski definition) is 4. The molecule has 1 atom stereocenters. The SMILES string of the molecule is COc1ccc([C@@H](CC(=O)N2CCc3ccccc3C2)N2Cc3ccccc3C2=O)cc1OC. The van der Waals surface area contributed by atoms with Crippen molar-refractivity contribution in [1.29, 1.82) is 0 Å². The minimum atomic E-state index is -0.413. The van der Waals surface area contributed by atoms with E-state index in [1.807, 2.05) is 64.4 Å². The number of fused-ring (bicyclic) bond motifs is 2. The molecule has 0 radical (unpaired) electrons. The largest absolute Gasteiger partial charge is 0.493 e. The quantitative estimate of drug-likeness (QED) is 0.553. The van der Waals surface area contributed by atoms with E-state index >= 15 is 0 Å². The first-order chi connectivity index (χ1) is 16.6. The van der Waals surface area contributed by atoms with Crippen molar-refractivity contribution in [3.05, 3.63) is 94.5 Å². The first-order valence-electron chi connectivity index (χ1n) is 11.5. The Kier molecular flexibility index (Phi) is 5.97. The third kappa shape index (κ3) is 4.00. The van der Waals surface area contributed by atoms with Crippen molar-refractivity contribution in [2.75, 3.05) is 20.8 Å². The molecule has 0 unspecified atom stereocenters. The Bertz CT molecular complexity index is 1240. The second kappa shape index (κ2) is 9.21. The molecule has 0 aliphatic carbocycles. The van der Waals surface area contributed by atoms with E-state index in [9.17, 15) is 9.59 Å². The monoisotopic (exact) mass is 456 g/mol. The molecule has 174 valence electrons. The highest BCUT2D eigenvalue weighted by Crippen LogP contribution is 2.38. The van der Waals surface area contributed by atoms with Crippen LogP contribution in [0, 0.1) is 0 Å². The minimum Gasteiger partial charge on any atom is -0.493 e. The average Bonchev–Trinajstić information content (AvgIpc) is 3.22. The maximum Gasteiger partial charge on any atom is 0.255 e. The molecule has 0 aromatic heterocycles. The number of carbonyl (C=O) groups is 2. The Hall–Kier alpha value is -3.80. The van der Waals surface area contributed by atoms with E-state index in [0.717, 1.165) is 17.5 Å². The van der Waals surface area contributed by atoms with Gasteiger partial charge in [0.15, 0.2) is 11.5 Å². The highest BCUT2D eigenvalue weighted by atomic mass is 16.5. The van der Waals surface area contributed by atoms with Gasteiger partial charge in [0.05, 0.1) is 26.7 Å². The number of methoxy groups -OCH3 is 2. The number of amides is 2. The predicted octanol–water partition coefficient (Wildman–Crippen LogP) is 4.38. The predicted molar refractivity (Wildman–Crippen MR) is 129 cm³/mol. The van der Waals surface area contributed by atoms with Crippen molar-refractivity contribution in [1.82, 2.24) is 9.80 Å². The van der Waals surface area contributed by atoms with Gasteiger partial charge >= 0.3 is 0 Å². The van der Waals surface area contributed by atoms with Crippen LogP contribution in [-0.2, 0) is 24.3 Å². The lowest BCUT2D eigenvalue weighted by atomic mass is 9.97. The van der Waals surface area contributed by atoms with Crippen LogP contribution >= 0.6 is 0 Å². The molecule has 2 aliphatic heterocycles. The van der Waals surface area contributed by atoms with E-state index in [0.29, 0.717) is 36.7 Å². The zero-order valence-corrected chi connectivity index (χ0v) is 19.5. The van der Waals surface area contributed by atoms with Crippen molar-refractivity contribution in [3.8, 4) is 11.5 Å². The molecule has 0 N–H and O–H groups in total. The highest BCUT2D eigenvalue weighted by molar-refractivity contribution is 5.98. The molecule has 6 heteroatoms. The van der Waals surface area contributed by atoms with Crippen molar-refractivity contribution < 1.29 is 19.1 Å². The number of ether oxygens (including phenoxy) is 2. The summed E-state index contributed by atoms with van der Waals surface area (Å²) in [5.74, 6) is 1.18. The normalized spacial score (nSPS) is 15.5. The molecule has 3 aromatic carbocycles. The summed E-state index contributed by atoms with van der Waals surface area (Å²) in [7, 11) is 3.18. The summed E-state index contributed by atoms with van der Waals surface area (Å²) in [6.07, 6.45) is 1.05. The van der Waals surface area contributed by atoms with Gasteiger partial charge in [-0.05, 0) is 46.9 Å². The van der Waals surface area contributed by atoms with Gasteiger partial charge in [0.2, 0.25) is 5.91 Å². The molecule has 0 saturated heterocycles. The van der Waals surface area contributed by atoms with E-state index < -0.39 is 6.04 Å². The number of carbonyl (C=O) groups excluding carboxylic acids is 2. The Morgan fingerprint density at radius 1 is 0.882 bits per heavy atom. The van der Waals surface area contributed by atoms with E-state index in [2.05, 4.69) is 12.1 Å². The van der Waals surface area contributed by atoms with E-state index in [4.69, 9.17) is 9.47 Å². The Labute approximate surface area is 199 Å². The van der Waals surface area contributed by atoms with Crippen LogP contribution in [0.4, 0.5) is 0 Å². The summed E-state index contributed by atoms with van der Waals surface area (Å²) >= 11 is 0. The summed E-state index contributed by atoms with van der Waals surface area (Å²) in [5, 5.41) is 0. The fourth-order valence-corrected chi connectivity index (χ4v) is 5.00. The molecule has 6 nitrogen and oxygen atoms in total. The van der Waals surface area contributed by atoms with Crippen LogP contribution in [0.3, 0.4) is 0 Å². The van der Waals surface area contributed by atoms with Crippen LogP contribution in [0.2, 0.25) is 0 Å². The molecule has 34 heavy (non-hydrogen) atoms. The minimum absolute atomic E-state index is 0.0399. The lowest BCUT2D eigenvalue weighted by Crippen LogP contribution is -2.39. The number of nitrogens with zero attached hydrogens (tertiary/aromatic N) is 2. The summed E-state index contributed by atoms with van der Waals surface area (Å²) < 4.78 is 10.9. The Morgan fingerprint density at radius 2 is 1.59 bits per heavy atom. The summed E-state index contributed by atoms with van der Waals surface area (Å²) in [6, 6.07) is 21.1. The van der Waals surface area contributed by atoms with Crippen LogP contribution in [0.5, 0.6) is 11.5 Å². The first-order valence-corrected chi connectivity index (χ1v) is 11.5. The summed E-state index contributed by atoms with van der Waals surface area (Å²) in [6.45, 7) is 1.76. The molecule has 2 amide bonds. The van der Waals surface area contributed by atoms with Gasteiger partial charge < -0.3 is 19.3 Å². The lowest BCUT2D eigenvalue weighted by molar-refractivity contribution is -0.133. The molecular formula is C28H28N2O4. The lowest BCUT2D eigenvalue weighted by Gasteiger charge is -2.33. The van der Waals surface area contributed by atoms with Gasteiger partial charge in [-0.2, -0.15) is 0 Å². The van der Waals surface area contributed by atoms with Crippen LogP contribution < -0.4 is 9.47 Å². The second-order valence-electron chi connectivity index (χ2n) is 8.76. The van der Waals surface area contributed by atoms with Crippen molar-refractivity contribution in [2.45, 2.75) is 32.0 Å². The smallest absolute Gasteiger partial charge is 0.255 e. The van der Waals surface area contributed by atoms with Crippen LogP contribution in [0.25, 0.3) is 0 Å². The molecule has 3 aromatic rings. The molecule has 0 saturated carbocycles.